The molecule has 0 spiro atoms. The summed E-state index contributed by atoms with van der Waals surface area (Å²) in [6.45, 7) is 0.160. The molecule has 98 valence electrons. The molecule has 6 heteroatoms. The van der Waals surface area contributed by atoms with E-state index in [4.69, 9.17) is 0 Å². The van der Waals surface area contributed by atoms with E-state index in [-0.39, 0.29) is 12.5 Å². The van der Waals surface area contributed by atoms with Crippen LogP contribution in [0.3, 0.4) is 0 Å². The summed E-state index contributed by atoms with van der Waals surface area (Å²) < 4.78 is 35.7. The van der Waals surface area contributed by atoms with Crippen LogP contribution >= 0.6 is 0 Å². The lowest BCUT2D eigenvalue weighted by atomic mass is 10.0. The molecule has 2 rings (SSSR count). The van der Waals surface area contributed by atoms with E-state index in [1.165, 1.54) is 6.42 Å². The number of nitrogens with zero attached hydrogens (tertiary/aromatic N) is 1. The van der Waals surface area contributed by atoms with Gasteiger partial charge in [-0.1, -0.05) is 6.42 Å². The number of fused-ring (bicyclic) bond motifs is 1. The summed E-state index contributed by atoms with van der Waals surface area (Å²) in [6.07, 6.45) is -0.708. The molecule has 0 aromatic heterocycles. The number of likely N-dealkylation sites (tertiary alicyclic amines) is 1. The van der Waals surface area contributed by atoms with Gasteiger partial charge in [0, 0.05) is 13.1 Å². The average molecular weight is 250 g/mol. The number of amides is 1. The Morgan fingerprint density at radius 2 is 1.82 bits per heavy atom. The maximum absolute atomic E-state index is 11.9. The average Bonchev–Trinajstić information content (AvgIpc) is 2.73. The molecular weight excluding hydrogens is 233 g/mol. The van der Waals surface area contributed by atoms with Crippen LogP contribution in [0.4, 0.5) is 13.2 Å². The van der Waals surface area contributed by atoms with Crippen LogP contribution in [0.25, 0.3) is 0 Å². The van der Waals surface area contributed by atoms with E-state index in [2.05, 4.69) is 5.32 Å². The zero-order chi connectivity index (χ0) is 12.5. The van der Waals surface area contributed by atoms with Gasteiger partial charge in [0.2, 0.25) is 5.91 Å². The first kappa shape index (κ1) is 12.7. The molecule has 17 heavy (non-hydrogen) atoms. The Labute approximate surface area is 98.3 Å². The van der Waals surface area contributed by atoms with Crippen LogP contribution < -0.4 is 5.32 Å². The van der Waals surface area contributed by atoms with Gasteiger partial charge < -0.3 is 10.2 Å². The Balaban J connectivity index is 1.71. The molecule has 3 nitrogen and oxygen atoms in total. The van der Waals surface area contributed by atoms with Crippen molar-refractivity contribution in [3.05, 3.63) is 0 Å². The van der Waals surface area contributed by atoms with Gasteiger partial charge in [0.1, 0.15) is 0 Å². The van der Waals surface area contributed by atoms with E-state index >= 15 is 0 Å². The number of carbonyl (C=O) groups is 1. The van der Waals surface area contributed by atoms with Crippen molar-refractivity contribution in [1.82, 2.24) is 10.2 Å². The zero-order valence-electron chi connectivity index (χ0n) is 9.59. The second-order valence-corrected chi connectivity index (χ2v) is 4.97. The summed E-state index contributed by atoms with van der Waals surface area (Å²) in [5.41, 5.74) is 0. The standard InChI is InChI=1S/C11H17F3N2O/c12-11(13,14)7-15-4-10(17)16-5-8-2-1-3-9(8)6-16/h8-9,15H,1-7H2. The highest BCUT2D eigenvalue weighted by Crippen LogP contribution is 2.37. The fourth-order valence-electron chi connectivity index (χ4n) is 2.86. The monoisotopic (exact) mass is 250 g/mol. The first-order valence-electron chi connectivity index (χ1n) is 6.01. The molecule has 0 aromatic carbocycles. The van der Waals surface area contributed by atoms with Crippen molar-refractivity contribution in [2.75, 3.05) is 26.2 Å². The Bertz CT molecular complexity index is 281. The van der Waals surface area contributed by atoms with Gasteiger partial charge in [-0.25, -0.2) is 0 Å². The first-order valence-corrected chi connectivity index (χ1v) is 6.01. The topological polar surface area (TPSA) is 32.3 Å². The van der Waals surface area contributed by atoms with Crippen LogP contribution in [-0.4, -0.2) is 43.2 Å². The summed E-state index contributed by atoms with van der Waals surface area (Å²) in [4.78, 5) is 13.4. The van der Waals surface area contributed by atoms with Gasteiger partial charge in [-0.05, 0) is 24.7 Å². The molecule has 1 aliphatic heterocycles. The largest absolute Gasteiger partial charge is 0.401 e. The fraction of sp³-hybridized carbons (Fsp3) is 0.909. The van der Waals surface area contributed by atoms with Crippen molar-refractivity contribution >= 4 is 5.91 Å². The lowest BCUT2D eigenvalue weighted by Crippen LogP contribution is -2.40. The Morgan fingerprint density at radius 1 is 1.24 bits per heavy atom. The Kier molecular flexibility index (Phi) is 3.61. The van der Waals surface area contributed by atoms with E-state index < -0.39 is 12.7 Å². The highest BCUT2D eigenvalue weighted by molar-refractivity contribution is 5.78. The van der Waals surface area contributed by atoms with Gasteiger partial charge in [0.25, 0.3) is 0 Å². The molecule has 1 amide bonds. The second kappa shape index (κ2) is 4.84. The Hall–Kier alpha value is -0.780. The lowest BCUT2D eigenvalue weighted by Gasteiger charge is -2.18. The van der Waals surface area contributed by atoms with Crippen LogP contribution in [-0.2, 0) is 4.79 Å². The number of alkyl halides is 3. The highest BCUT2D eigenvalue weighted by Gasteiger charge is 2.37. The summed E-state index contributed by atoms with van der Waals surface area (Å²) in [5, 5.41) is 2.15. The summed E-state index contributed by atoms with van der Waals surface area (Å²) in [5.74, 6) is 0.965. The van der Waals surface area contributed by atoms with Gasteiger partial charge in [-0.15, -0.1) is 0 Å². The SMILES string of the molecule is O=C(CNCC(F)(F)F)N1CC2CCCC2C1. The Morgan fingerprint density at radius 3 is 2.35 bits per heavy atom. The van der Waals surface area contributed by atoms with E-state index in [0.29, 0.717) is 11.8 Å². The second-order valence-electron chi connectivity index (χ2n) is 4.97. The van der Waals surface area contributed by atoms with E-state index in [9.17, 15) is 18.0 Å². The summed E-state index contributed by atoms with van der Waals surface area (Å²) in [6, 6.07) is 0. The van der Waals surface area contributed by atoms with Crippen molar-refractivity contribution in [3.8, 4) is 0 Å². The minimum absolute atomic E-state index is 0.205. The highest BCUT2D eigenvalue weighted by atomic mass is 19.4. The number of hydrogen-bond acceptors (Lipinski definition) is 2. The van der Waals surface area contributed by atoms with Gasteiger partial charge in [-0.3, -0.25) is 4.79 Å². The van der Waals surface area contributed by atoms with Crippen LogP contribution in [0.1, 0.15) is 19.3 Å². The van der Waals surface area contributed by atoms with Gasteiger partial charge in [0.15, 0.2) is 0 Å². The molecule has 1 N–H and O–H groups in total. The molecule has 1 saturated carbocycles. The van der Waals surface area contributed by atoms with Crippen LogP contribution in [0.15, 0.2) is 0 Å². The van der Waals surface area contributed by atoms with Crippen LogP contribution in [0.2, 0.25) is 0 Å². The minimum Gasteiger partial charge on any atom is -0.341 e. The number of halogens is 3. The molecule has 1 aliphatic carbocycles. The van der Waals surface area contributed by atoms with E-state index in [1.807, 2.05) is 0 Å². The number of carbonyl (C=O) groups excluding carboxylic acids is 1. The molecule has 1 saturated heterocycles. The predicted molar refractivity (Wildman–Crippen MR) is 56.3 cm³/mol. The van der Waals surface area contributed by atoms with Crippen LogP contribution in [0, 0.1) is 11.8 Å². The van der Waals surface area contributed by atoms with Crippen molar-refractivity contribution in [1.29, 1.82) is 0 Å². The molecule has 2 aliphatic rings. The molecule has 2 unspecified atom stereocenters. The maximum Gasteiger partial charge on any atom is 0.401 e. The zero-order valence-corrected chi connectivity index (χ0v) is 9.59. The number of rotatable bonds is 3. The van der Waals surface area contributed by atoms with Crippen LogP contribution in [0.5, 0.6) is 0 Å². The third-order valence-electron chi connectivity index (χ3n) is 3.68. The molecule has 0 aromatic rings. The van der Waals surface area contributed by atoms with Gasteiger partial charge in [-0.2, -0.15) is 13.2 Å². The first-order chi connectivity index (χ1) is 7.96. The normalized spacial score (nSPS) is 28.5. The third kappa shape index (κ3) is 3.34. The fourth-order valence-corrected chi connectivity index (χ4v) is 2.86. The van der Waals surface area contributed by atoms with Crippen molar-refractivity contribution in [2.45, 2.75) is 25.4 Å². The number of nitrogens with one attached hydrogen (secondary N) is 1. The summed E-state index contributed by atoms with van der Waals surface area (Å²) in [7, 11) is 0. The molecule has 2 fully saturated rings. The van der Waals surface area contributed by atoms with Gasteiger partial charge >= 0.3 is 6.18 Å². The van der Waals surface area contributed by atoms with Gasteiger partial charge in [0.05, 0.1) is 13.1 Å². The van der Waals surface area contributed by atoms with Crippen molar-refractivity contribution in [3.63, 3.8) is 0 Å². The lowest BCUT2D eigenvalue weighted by molar-refractivity contribution is -0.133. The van der Waals surface area contributed by atoms with E-state index in [1.54, 1.807) is 4.90 Å². The van der Waals surface area contributed by atoms with Crippen molar-refractivity contribution < 1.29 is 18.0 Å². The molecule has 1 heterocycles. The predicted octanol–water partition coefficient (Wildman–Crippen LogP) is 1.40. The van der Waals surface area contributed by atoms with E-state index in [0.717, 1.165) is 25.9 Å². The molecule has 0 radical (unpaired) electrons. The van der Waals surface area contributed by atoms with Crippen molar-refractivity contribution in [2.24, 2.45) is 11.8 Å². The maximum atomic E-state index is 11.9. The number of hydrogen-bond donors (Lipinski definition) is 1. The minimum atomic E-state index is -4.25. The quantitative estimate of drug-likeness (QED) is 0.821. The smallest absolute Gasteiger partial charge is 0.341 e. The molecule has 0 bridgehead atoms. The third-order valence-corrected chi connectivity index (χ3v) is 3.68. The summed E-state index contributed by atoms with van der Waals surface area (Å²) >= 11 is 0. The molecular formula is C11H17F3N2O. The molecule has 2 atom stereocenters.